The second-order valence-electron chi connectivity index (χ2n) is 6.95. The van der Waals surface area contributed by atoms with Crippen LogP contribution in [-0.2, 0) is 6.54 Å². The molecule has 0 bridgehead atoms. The third-order valence-electron chi connectivity index (χ3n) is 4.42. The summed E-state index contributed by atoms with van der Waals surface area (Å²) in [6.07, 6.45) is 1.17. The molecule has 5 heteroatoms. The van der Waals surface area contributed by atoms with Gasteiger partial charge in [0.1, 0.15) is 6.54 Å². The average Bonchev–Trinajstić information content (AvgIpc) is 2.52. The molecule has 4 nitrogen and oxygen atoms in total. The molecular weight excluding hydrogens is 304 g/mol. The molecule has 1 heterocycles. The van der Waals surface area contributed by atoms with E-state index >= 15 is 0 Å². The molecule has 1 aromatic carbocycles. The number of rotatable bonds is 6. The van der Waals surface area contributed by atoms with Gasteiger partial charge in [-0.1, -0.05) is 29.8 Å². The minimum absolute atomic E-state index is 0.938. The van der Waals surface area contributed by atoms with Crippen molar-refractivity contribution in [2.24, 2.45) is 0 Å². The molecule has 2 rings (SSSR count). The molecule has 0 amide bonds. The van der Waals surface area contributed by atoms with E-state index in [-0.39, 0.29) is 0 Å². The number of hydrogen-bond donors (Lipinski definition) is 3. The summed E-state index contributed by atoms with van der Waals surface area (Å²) in [5.41, 5.74) is 2.80. The molecule has 0 aromatic heterocycles. The van der Waals surface area contributed by atoms with Gasteiger partial charge in [0.2, 0.25) is 0 Å². The highest BCUT2D eigenvalue weighted by Gasteiger charge is 2.21. The maximum Gasteiger partial charge on any atom is 0.169 e. The summed E-state index contributed by atoms with van der Waals surface area (Å²) in [5.74, 6) is 0. The lowest BCUT2D eigenvalue weighted by atomic mass is 10.1. The number of thiocarbonyl (C=S) groups is 1. The van der Waals surface area contributed by atoms with E-state index in [4.69, 9.17) is 12.2 Å². The summed E-state index contributed by atoms with van der Waals surface area (Å²) in [6, 6.07) is 8.87. The Labute approximate surface area is 146 Å². The fourth-order valence-electron chi connectivity index (χ4n) is 3.06. The molecule has 1 fully saturated rings. The largest absolute Gasteiger partial charge is 0.362 e. The summed E-state index contributed by atoms with van der Waals surface area (Å²) in [7, 11) is 4.38. The molecule has 3 N–H and O–H groups in total. The molecule has 0 radical (unpaired) electrons. The predicted octanol–water partition coefficient (Wildman–Crippen LogP) is -0.895. The fourth-order valence-corrected chi connectivity index (χ4v) is 3.35. The second-order valence-corrected chi connectivity index (χ2v) is 7.33. The van der Waals surface area contributed by atoms with Crippen LogP contribution >= 0.6 is 12.2 Å². The van der Waals surface area contributed by atoms with Crippen LogP contribution in [0, 0.1) is 6.92 Å². The van der Waals surface area contributed by atoms with Gasteiger partial charge in [-0.15, -0.1) is 0 Å². The van der Waals surface area contributed by atoms with Gasteiger partial charge >= 0.3 is 0 Å². The van der Waals surface area contributed by atoms with Gasteiger partial charge < -0.3 is 20.0 Å². The van der Waals surface area contributed by atoms with Crippen LogP contribution in [0.2, 0.25) is 0 Å². The minimum atomic E-state index is 0.938. The molecule has 128 valence electrons. The van der Waals surface area contributed by atoms with E-state index in [1.54, 1.807) is 4.90 Å². The maximum atomic E-state index is 5.54. The highest BCUT2D eigenvalue weighted by Crippen LogP contribution is 2.02. The number of piperazine rings is 1. The Kier molecular flexibility index (Phi) is 7.27. The van der Waals surface area contributed by atoms with Gasteiger partial charge in [-0.25, -0.2) is 0 Å². The van der Waals surface area contributed by atoms with Crippen molar-refractivity contribution in [1.29, 1.82) is 0 Å². The van der Waals surface area contributed by atoms with E-state index in [0.29, 0.717) is 0 Å². The number of aryl methyl sites for hydroxylation is 1. The van der Waals surface area contributed by atoms with Crippen molar-refractivity contribution in [3.05, 3.63) is 35.4 Å². The Morgan fingerprint density at radius 3 is 2.70 bits per heavy atom. The van der Waals surface area contributed by atoms with Crippen LogP contribution in [0.25, 0.3) is 0 Å². The normalized spacial score (nSPS) is 15.9. The Balaban J connectivity index is 1.68. The van der Waals surface area contributed by atoms with Crippen LogP contribution in [-0.4, -0.2) is 63.4 Å². The summed E-state index contributed by atoms with van der Waals surface area (Å²) >= 11 is 5.54. The smallest absolute Gasteiger partial charge is 0.169 e. The van der Waals surface area contributed by atoms with Crippen LogP contribution < -0.4 is 15.1 Å². The summed E-state index contributed by atoms with van der Waals surface area (Å²) < 4.78 is 0. The number of nitrogens with one attached hydrogen (secondary N) is 3. The van der Waals surface area contributed by atoms with Crippen molar-refractivity contribution in [1.82, 2.24) is 10.2 Å². The van der Waals surface area contributed by atoms with Crippen LogP contribution in [0.5, 0.6) is 0 Å². The first-order chi connectivity index (χ1) is 11.0. The van der Waals surface area contributed by atoms with Crippen LogP contribution in [0.1, 0.15) is 17.5 Å². The second kappa shape index (κ2) is 9.21. The zero-order chi connectivity index (χ0) is 16.7. The Hall–Kier alpha value is -1.17. The van der Waals surface area contributed by atoms with E-state index in [2.05, 4.69) is 55.5 Å². The topological polar surface area (TPSA) is 24.2 Å². The zero-order valence-corrected chi connectivity index (χ0v) is 15.6. The minimum Gasteiger partial charge on any atom is -0.362 e. The molecule has 1 aromatic rings. The quantitative estimate of drug-likeness (QED) is 0.464. The van der Waals surface area contributed by atoms with Gasteiger partial charge in [0, 0.05) is 18.5 Å². The maximum absolute atomic E-state index is 5.54. The Bertz CT molecular complexity index is 496. The number of nitrogens with zero attached hydrogens (tertiary/aromatic N) is 1. The van der Waals surface area contributed by atoms with E-state index in [0.717, 1.165) is 44.4 Å². The lowest BCUT2D eigenvalue weighted by molar-refractivity contribution is -0.917. The molecular formula is C18H32N4S+2. The average molecular weight is 337 g/mol. The van der Waals surface area contributed by atoms with Gasteiger partial charge in [-0.3, -0.25) is 0 Å². The molecule has 0 saturated carbocycles. The molecule has 0 aliphatic carbocycles. The standard InChI is InChI=1S/C18H30N4S/c1-16-6-4-7-17(14-16)15-21-10-12-22(13-11-21)18(23)19-8-5-9-20(2)3/h4,6-7,14H,5,8-13,15H2,1-3H3,(H,19,23)/p+2. The van der Waals surface area contributed by atoms with E-state index in [1.807, 2.05) is 0 Å². The molecule has 0 unspecified atom stereocenters. The van der Waals surface area contributed by atoms with Crippen molar-refractivity contribution in [3.63, 3.8) is 0 Å². The van der Waals surface area contributed by atoms with Gasteiger partial charge in [-0.05, 0) is 19.1 Å². The number of benzene rings is 1. The first-order valence-corrected chi connectivity index (χ1v) is 9.16. The zero-order valence-electron chi connectivity index (χ0n) is 14.8. The number of quaternary nitrogens is 2. The highest BCUT2D eigenvalue weighted by atomic mass is 32.1. The predicted molar refractivity (Wildman–Crippen MR) is 100 cm³/mol. The molecule has 0 atom stereocenters. The third-order valence-corrected chi connectivity index (χ3v) is 4.83. The first kappa shape index (κ1) is 18.2. The SMILES string of the molecule is Cc1cccc(C[NH+]2CCN(C(=S)NCCC[NH+](C)C)CC2)c1. The van der Waals surface area contributed by atoms with Crippen molar-refractivity contribution in [2.45, 2.75) is 19.9 Å². The molecule has 1 aliphatic heterocycles. The van der Waals surface area contributed by atoms with Crippen molar-refractivity contribution in [2.75, 3.05) is 53.4 Å². The van der Waals surface area contributed by atoms with Gasteiger partial charge in [-0.2, -0.15) is 0 Å². The Morgan fingerprint density at radius 1 is 1.30 bits per heavy atom. The monoisotopic (exact) mass is 336 g/mol. The number of hydrogen-bond acceptors (Lipinski definition) is 1. The summed E-state index contributed by atoms with van der Waals surface area (Å²) in [4.78, 5) is 5.48. The van der Waals surface area contributed by atoms with Crippen LogP contribution in [0.15, 0.2) is 24.3 Å². The van der Waals surface area contributed by atoms with E-state index in [1.165, 1.54) is 29.0 Å². The van der Waals surface area contributed by atoms with Crippen molar-refractivity contribution >= 4 is 17.3 Å². The van der Waals surface area contributed by atoms with Crippen molar-refractivity contribution < 1.29 is 9.80 Å². The van der Waals surface area contributed by atoms with Crippen LogP contribution in [0.4, 0.5) is 0 Å². The fraction of sp³-hybridized carbons (Fsp3) is 0.611. The lowest BCUT2D eigenvalue weighted by Crippen LogP contribution is -3.13. The van der Waals surface area contributed by atoms with E-state index in [9.17, 15) is 0 Å². The molecule has 1 aliphatic rings. The van der Waals surface area contributed by atoms with E-state index < -0.39 is 0 Å². The molecule has 0 spiro atoms. The third kappa shape index (κ3) is 6.45. The van der Waals surface area contributed by atoms with Crippen LogP contribution in [0.3, 0.4) is 0 Å². The molecule has 1 saturated heterocycles. The van der Waals surface area contributed by atoms with Gasteiger partial charge in [0.05, 0.1) is 46.8 Å². The van der Waals surface area contributed by atoms with Gasteiger partial charge in [0.15, 0.2) is 5.11 Å². The highest BCUT2D eigenvalue weighted by molar-refractivity contribution is 7.80. The summed E-state index contributed by atoms with van der Waals surface area (Å²) in [6.45, 7) is 9.91. The Morgan fingerprint density at radius 2 is 2.04 bits per heavy atom. The lowest BCUT2D eigenvalue weighted by Gasteiger charge is -2.34. The molecule has 23 heavy (non-hydrogen) atoms. The first-order valence-electron chi connectivity index (χ1n) is 8.75. The van der Waals surface area contributed by atoms with Gasteiger partial charge in [0.25, 0.3) is 0 Å². The van der Waals surface area contributed by atoms with Crippen molar-refractivity contribution in [3.8, 4) is 0 Å². The summed E-state index contributed by atoms with van der Waals surface area (Å²) in [5, 5.41) is 4.35.